The number of amides is 1. The maximum absolute atomic E-state index is 13.4. The van der Waals surface area contributed by atoms with Crippen LogP contribution in [0.1, 0.15) is 27.8 Å². The summed E-state index contributed by atoms with van der Waals surface area (Å²) >= 11 is 1.34. The van der Waals surface area contributed by atoms with Crippen LogP contribution in [0.4, 0.5) is 11.4 Å². The second-order valence-corrected chi connectivity index (χ2v) is 8.79. The lowest BCUT2D eigenvalue weighted by Gasteiger charge is -2.17. The SMILES string of the molecule is Cc1ccc(N=C2SC(=Cc3cccc(O)c3)C(=O)N2c2ccc(C)c(C)c2)cc1C. The number of aryl methyl sites for hydroxylation is 4. The quantitative estimate of drug-likeness (QED) is 0.489. The van der Waals surface area contributed by atoms with E-state index in [0.717, 1.165) is 28.1 Å². The van der Waals surface area contributed by atoms with Crippen molar-refractivity contribution in [3.05, 3.63) is 93.4 Å². The molecule has 1 amide bonds. The third kappa shape index (κ3) is 4.42. The van der Waals surface area contributed by atoms with Crippen LogP contribution in [0.25, 0.3) is 6.08 Å². The van der Waals surface area contributed by atoms with E-state index in [-0.39, 0.29) is 11.7 Å². The molecular weight excluding hydrogens is 404 g/mol. The summed E-state index contributed by atoms with van der Waals surface area (Å²) in [5.74, 6) is 0.0408. The Morgan fingerprint density at radius 1 is 0.871 bits per heavy atom. The zero-order chi connectivity index (χ0) is 22.1. The molecule has 3 aromatic rings. The van der Waals surface area contributed by atoms with Gasteiger partial charge in [0.1, 0.15) is 5.75 Å². The van der Waals surface area contributed by atoms with Gasteiger partial charge in [-0.05, 0) is 110 Å². The highest BCUT2D eigenvalue weighted by Gasteiger charge is 2.35. The van der Waals surface area contributed by atoms with Gasteiger partial charge in [-0.2, -0.15) is 0 Å². The van der Waals surface area contributed by atoms with Gasteiger partial charge in [-0.25, -0.2) is 4.99 Å². The van der Waals surface area contributed by atoms with Crippen molar-refractivity contribution >= 4 is 40.3 Å². The first-order valence-electron chi connectivity index (χ1n) is 10.1. The number of hydrogen-bond acceptors (Lipinski definition) is 4. The second kappa shape index (κ2) is 8.44. The zero-order valence-corrected chi connectivity index (χ0v) is 18.8. The molecule has 0 aliphatic carbocycles. The number of amidine groups is 1. The summed E-state index contributed by atoms with van der Waals surface area (Å²) < 4.78 is 0. The maximum atomic E-state index is 13.4. The topological polar surface area (TPSA) is 52.9 Å². The molecule has 0 aromatic heterocycles. The minimum Gasteiger partial charge on any atom is -0.508 e. The molecule has 1 aliphatic heterocycles. The number of aliphatic imine (C=N–C) groups is 1. The fourth-order valence-corrected chi connectivity index (χ4v) is 4.31. The predicted molar refractivity (Wildman–Crippen MR) is 130 cm³/mol. The van der Waals surface area contributed by atoms with Crippen molar-refractivity contribution in [2.45, 2.75) is 27.7 Å². The lowest BCUT2D eigenvalue weighted by Crippen LogP contribution is -2.28. The molecule has 0 spiro atoms. The van der Waals surface area contributed by atoms with E-state index in [1.807, 2.05) is 49.4 Å². The average Bonchev–Trinajstić information content (AvgIpc) is 3.02. The summed E-state index contributed by atoms with van der Waals surface area (Å²) in [6.07, 6.45) is 1.80. The maximum Gasteiger partial charge on any atom is 0.271 e. The molecule has 4 rings (SSSR count). The number of anilines is 1. The van der Waals surface area contributed by atoms with Crippen molar-refractivity contribution in [2.24, 2.45) is 4.99 Å². The van der Waals surface area contributed by atoms with Gasteiger partial charge in [-0.15, -0.1) is 0 Å². The molecule has 0 saturated carbocycles. The number of thioether (sulfide) groups is 1. The van der Waals surface area contributed by atoms with Gasteiger partial charge in [-0.1, -0.05) is 24.3 Å². The van der Waals surface area contributed by atoms with Crippen molar-refractivity contribution in [3.63, 3.8) is 0 Å². The van der Waals surface area contributed by atoms with Crippen LogP contribution in [-0.2, 0) is 4.79 Å². The van der Waals surface area contributed by atoms with Crippen LogP contribution in [-0.4, -0.2) is 16.2 Å². The Morgan fingerprint density at radius 2 is 1.58 bits per heavy atom. The number of benzene rings is 3. The summed E-state index contributed by atoms with van der Waals surface area (Å²) in [6.45, 7) is 8.21. The van der Waals surface area contributed by atoms with E-state index in [0.29, 0.717) is 10.1 Å². The Morgan fingerprint density at radius 3 is 2.26 bits per heavy atom. The molecule has 156 valence electrons. The zero-order valence-electron chi connectivity index (χ0n) is 18.0. The Bertz CT molecular complexity index is 1240. The fourth-order valence-electron chi connectivity index (χ4n) is 3.31. The van der Waals surface area contributed by atoms with Crippen LogP contribution in [0.15, 0.2) is 70.6 Å². The Labute approximate surface area is 187 Å². The van der Waals surface area contributed by atoms with Gasteiger partial charge in [0.15, 0.2) is 5.17 Å². The molecule has 5 heteroatoms. The summed E-state index contributed by atoms with van der Waals surface area (Å²) in [4.78, 5) is 20.5. The molecule has 0 bridgehead atoms. The Hall–Kier alpha value is -3.31. The van der Waals surface area contributed by atoms with Crippen molar-refractivity contribution in [1.82, 2.24) is 0 Å². The number of nitrogens with zero attached hydrogens (tertiary/aromatic N) is 2. The second-order valence-electron chi connectivity index (χ2n) is 7.78. The third-order valence-electron chi connectivity index (χ3n) is 5.44. The van der Waals surface area contributed by atoms with Crippen molar-refractivity contribution < 1.29 is 9.90 Å². The van der Waals surface area contributed by atoms with Crippen LogP contribution in [0.5, 0.6) is 5.75 Å². The molecule has 3 aromatic carbocycles. The number of aromatic hydroxyl groups is 1. The fraction of sp³-hybridized carbons (Fsp3) is 0.154. The van der Waals surface area contributed by atoms with E-state index in [2.05, 4.69) is 20.8 Å². The van der Waals surface area contributed by atoms with Crippen molar-refractivity contribution in [1.29, 1.82) is 0 Å². The molecule has 1 saturated heterocycles. The van der Waals surface area contributed by atoms with Crippen LogP contribution < -0.4 is 4.90 Å². The number of phenols is 1. The minimum absolute atomic E-state index is 0.126. The predicted octanol–water partition coefficient (Wildman–Crippen LogP) is 6.43. The van der Waals surface area contributed by atoms with E-state index in [1.165, 1.54) is 22.9 Å². The molecular formula is C26H24N2O2S. The van der Waals surface area contributed by atoms with Crippen molar-refractivity contribution in [3.8, 4) is 5.75 Å². The Kier molecular flexibility index (Phi) is 5.70. The molecule has 31 heavy (non-hydrogen) atoms. The molecule has 0 radical (unpaired) electrons. The highest BCUT2D eigenvalue weighted by molar-refractivity contribution is 8.19. The smallest absolute Gasteiger partial charge is 0.271 e. The average molecular weight is 429 g/mol. The van der Waals surface area contributed by atoms with E-state index >= 15 is 0 Å². The standard InChI is InChI=1S/C26H24N2O2S/c1-16-8-10-21(12-18(16)3)27-26-28(22-11-9-17(2)19(4)13-22)25(30)24(31-26)15-20-6-5-7-23(29)14-20/h5-15,29H,1-4H3. The van der Waals surface area contributed by atoms with Crippen LogP contribution in [0, 0.1) is 27.7 Å². The first kappa shape index (κ1) is 20.9. The van der Waals surface area contributed by atoms with Crippen LogP contribution in [0.2, 0.25) is 0 Å². The van der Waals surface area contributed by atoms with Crippen LogP contribution >= 0.6 is 11.8 Å². The molecule has 1 fully saturated rings. The van der Waals surface area contributed by atoms with E-state index in [9.17, 15) is 9.90 Å². The van der Waals surface area contributed by atoms with Crippen molar-refractivity contribution in [2.75, 3.05) is 4.90 Å². The largest absolute Gasteiger partial charge is 0.508 e. The first-order valence-corrected chi connectivity index (χ1v) is 10.9. The molecule has 0 unspecified atom stereocenters. The minimum atomic E-state index is -0.126. The summed E-state index contributed by atoms with van der Waals surface area (Å²) in [5, 5.41) is 10.4. The number of rotatable bonds is 3. The highest BCUT2D eigenvalue weighted by atomic mass is 32.2. The number of carbonyl (C=O) groups is 1. The van der Waals surface area contributed by atoms with Gasteiger partial charge in [0, 0.05) is 0 Å². The van der Waals surface area contributed by atoms with Gasteiger partial charge < -0.3 is 5.11 Å². The molecule has 4 nitrogen and oxygen atoms in total. The number of carbonyl (C=O) groups excluding carboxylic acids is 1. The molecule has 1 heterocycles. The van der Waals surface area contributed by atoms with Gasteiger partial charge >= 0.3 is 0 Å². The van der Waals surface area contributed by atoms with Gasteiger partial charge in [0.05, 0.1) is 16.3 Å². The van der Waals surface area contributed by atoms with E-state index in [4.69, 9.17) is 4.99 Å². The van der Waals surface area contributed by atoms with E-state index < -0.39 is 0 Å². The monoisotopic (exact) mass is 428 g/mol. The number of hydrogen-bond donors (Lipinski definition) is 1. The summed E-state index contributed by atoms with van der Waals surface area (Å²) in [5.41, 5.74) is 7.02. The summed E-state index contributed by atoms with van der Waals surface area (Å²) in [7, 11) is 0. The molecule has 1 aliphatic rings. The lowest BCUT2D eigenvalue weighted by molar-refractivity contribution is -0.113. The number of phenolic OH excluding ortho intramolecular Hbond substituents is 1. The Balaban J connectivity index is 1.81. The third-order valence-corrected chi connectivity index (χ3v) is 6.41. The lowest BCUT2D eigenvalue weighted by atomic mass is 10.1. The van der Waals surface area contributed by atoms with E-state index in [1.54, 1.807) is 29.2 Å². The van der Waals surface area contributed by atoms with Gasteiger partial charge in [0.2, 0.25) is 0 Å². The van der Waals surface area contributed by atoms with Crippen LogP contribution in [0.3, 0.4) is 0 Å². The normalized spacial score (nSPS) is 16.5. The molecule has 0 atom stereocenters. The summed E-state index contributed by atoms with van der Waals surface area (Å²) in [6, 6.07) is 18.9. The first-order chi connectivity index (χ1) is 14.8. The van der Waals surface area contributed by atoms with Gasteiger partial charge in [0.25, 0.3) is 5.91 Å². The highest BCUT2D eigenvalue weighted by Crippen LogP contribution is 2.38. The van der Waals surface area contributed by atoms with Gasteiger partial charge in [-0.3, -0.25) is 9.69 Å². The molecule has 1 N–H and O–H groups in total.